The number of hydrogen-bond acceptors (Lipinski definition) is 4. The Hall–Kier alpha value is -1.07. The Balaban J connectivity index is 1.79. The standard InChI is InChI=1S/C9H16N4O/c1-13-9(2-3-12-13)11-7-8-6-10-4-5-14-8/h2-3,8,10-11H,4-7H2,1H3. The minimum absolute atomic E-state index is 0.263. The van der Waals surface area contributed by atoms with E-state index < -0.39 is 0 Å². The van der Waals surface area contributed by atoms with Crippen molar-refractivity contribution in [3.05, 3.63) is 12.3 Å². The van der Waals surface area contributed by atoms with Crippen molar-refractivity contribution in [2.75, 3.05) is 31.6 Å². The Kier molecular flexibility index (Phi) is 3.00. The molecule has 1 aliphatic heterocycles. The van der Waals surface area contributed by atoms with Crippen LogP contribution < -0.4 is 10.6 Å². The molecule has 2 N–H and O–H groups in total. The number of nitrogens with zero attached hydrogens (tertiary/aromatic N) is 2. The number of hydrogen-bond donors (Lipinski definition) is 2. The van der Waals surface area contributed by atoms with Gasteiger partial charge in [0, 0.05) is 32.7 Å². The molecule has 0 aromatic carbocycles. The highest BCUT2D eigenvalue weighted by Crippen LogP contribution is 2.04. The first kappa shape index (κ1) is 9.48. The molecule has 1 atom stereocenters. The monoisotopic (exact) mass is 196 g/mol. The summed E-state index contributed by atoms with van der Waals surface area (Å²) < 4.78 is 7.38. The molecule has 1 fully saturated rings. The van der Waals surface area contributed by atoms with Gasteiger partial charge in [-0.1, -0.05) is 0 Å². The number of ether oxygens (including phenoxy) is 1. The lowest BCUT2D eigenvalue weighted by Gasteiger charge is -2.24. The zero-order valence-corrected chi connectivity index (χ0v) is 8.36. The quantitative estimate of drug-likeness (QED) is 0.704. The summed E-state index contributed by atoms with van der Waals surface area (Å²) in [6, 6.07) is 1.95. The highest BCUT2D eigenvalue weighted by molar-refractivity contribution is 5.33. The van der Waals surface area contributed by atoms with Crippen LogP contribution in [0, 0.1) is 0 Å². The van der Waals surface area contributed by atoms with Crippen LogP contribution in [0.4, 0.5) is 5.82 Å². The molecular weight excluding hydrogens is 180 g/mol. The SMILES string of the molecule is Cn1nccc1NCC1CNCCO1. The van der Waals surface area contributed by atoms with E-state index in [1.54, 1.807) is 6.20 Å². The summed E-state index contributed by atoms with van der Waals surface area (Å²) in [5, 5.41) is 10.7. The maximum absolute atomic E-state index is 5.56. The minimum atomic E-state index is 0.263. The molecule has 2 heterocycles. The fourth-order valence-corrected chi connectivity index (χ4v) is 1.52. The van der Waals surface area contributed by atoms with Gasteiger partial charge < -0.3 is 15.4 Å². The zero-order valence-electron chi connectivity index (χ0n) is 8.36. The second kappa shape index (κ2) is 4.43. The molecule has 0 radical (unpaired) electrons. The fraction of sp³-hybridized carbons (Fsp3) is 0.667. The third-order valence-electron chi connectivity index (χ3n) is 2.34. The minimum Gasteiger partial charge on any atom is -0.374 e. The van der Waals surface area contributed by atoms with Crippen LogP contribution >= 0.6 is 0 Å². The molecule has 1 aliphatic rings. The van der Waals surface area contributed by atoms with Gasteiger partial charge in [-0.2, -0.15) is 5.10 Å². The second-order valence-corrected chi connectivity index (χ2v) is 3.42. The first-order valence-electron chi connectivity index (χ1n) is 4.90. The van der Waals surface area contributed by atoms with Crippen LogP contribution in [0.5, 0.6) is 0 Å². The Morgan fingerprint density at radius 2 is 2.71 bits per heavy atom. The maximum Gasteiger partial charge on any atom is 0.123 e. The number of anilines is 1. The molecule has 0 amide bonds. The lowest BCUT2D eigenvalue weighted by Crippen LogP contribution is -2.42. The van der Waals surface area contributed by atoms with Crippen LogP contribution in [0.2, 0.25) is 0 Å². The molecule has 14 heavy (non-hydrogen) atoms. The van der Waals surface area contributed by atoms with Gasteiger partial charge in [-0.05, 0) is 0 Å². The summed E-state index contributed by atoms with van der Waals surface area (Å²) in [6.45, 7) is 3.51. The lowest BCUT2D eigenvalue weighted by molar-refractivity contribution is 0.0371. The zero-order chi connectivity index (χ0) is 9.80. The van der Waals surface area contributed by atoms with E-state index in [1.165, 1.54) is 0 Å². The third kappa shape index (κ3) is 2.24. The average molecular weight is 196 g/mol. The molecule has 0 aliphatic carbocycles. The van der Waals surface area contributed by atoms with Gasteiger partial charge in [-0.25, -0.2) is 0 Å². The number of rotatable bonds is 3. The highest BCUT2D eigenvalue weighted by atomic mass is 16.5. The summed E-state index contributed by atoms with van der Waals surface area (Å²) in [6.07, 6.45) is 2.04. The molecule has 78 valence electrons. The van der Waals surface area contributed by atoms with Crippen molar-refractivity contribution in [2.24, 2.45) is 7.05 Å². The van der Waals surface area contributed by atoms with Crippen LogP contribution in [0.25, 0.3) is 0 Å². The van der Waals surface area contributed by atoms with Crippen LogP contribution in [-0.4, -0.2) is 42.1 Å². The predicted molar refractivity (Wildman–Crippen MR) is 54.3 cm³/mol. The third-order valence-corrected chi connectivity index (χ3v) is 2.34. The number of nitrogens with one attached hydrogen (secondary N) is 2. The van der Waals surface area contributed by atoms with E-state index in [9.17, 15) is 0 Å². The van der Waals surface area contributed by atoms with Gasteiger partial charge in [0.05, 0.1) is 18.9 Å². The van der Waals surface area contributed by atoms with Gasteiger partial charge in [0.15, 0.2) is 0 Å². The van der Waals surface area contributed by atoms with E-state index in [4.69, 9.17) is 4.74 Å². The Morgan fingerprint density at radius 3 is 3.36 bits per heavy atom. The molecule has 5 heteroatoms. The van der Waals surface area contributed by atoms with Gasteiger partial charge in [-0.3, -0.25) is 4.68 Å². The molecule has 0 spiro atoms. The van der Waals surface area contributed by atoms with Gasteiger partial charge in [-0.15, -0.1) is 0 Å². The number of morpholine rings is 1. The van der Waals surface area contributed by atoms with Crippen molar-refractivity contribution < 1.29 is 4.74 Å². The maximum atomic E-state index is 5.56. The van der Waals surface area contributed by atoms with E-state index in [2.05, 4.69) is 15.7 Å². The molecule has 5 nitrogen and oxygen atoms in total. The van der Waals surface area contributed by atoms with E-state index in [0.717, 1.165) is 32.1 Å². The van der Waals surface area contributed by atoms with Crippen molar-refractivity contribution in [1.29, 1.82) is 0 Å². The van der Waals surface area contributed by atoms with Crippen molar-refractivity contribution in [2.45, 2.75) is 6.10 Å². The van der Waals surface area contributed by atoms with E-state index in [-0.39, 0.29) is 6.10 Å². The molecule has 1 unspecified atom stereocenters. The normalized spacial score (nSPS) is 22.2. The Labute approximate surface area is 83.4 Å². The van der Waals surface area contributed by atoms with Gasteiger partial charge in [0.2, 0.25) is 0 Å². The van der Waals surface area contributed by atoms with E-state index >= 15 is 0 Å². The van der Waals surface area contributed by atoms with Crippen molar-refractivity contribution in [3.8, 4) is 0 Å². The summed E-state index contributed by atoms with van der Waals surface area (Å²) in [7, 11) is 1.92. The van der Waals surface area contributed by atoms with Crippen LogP contribution in [0.1, 0.15) is 0 Å². The second-order valence-electron chi connectivity index (χ2n) is 3.42. The Bertz CT molecular complexity index is 280. The van der Waals surface area contributed by atoms with Crippen molar-refractivity contribution in [1.82, 2.24) is 15.1 Å². The number of aryl methyl sites for hydroxylation is 1. The van der Waals surface area contributed by atoms with Gasteiger partial charge >= 0.3 is 0 Å². The van der Waals surface area contributed by atoms with Crippen LogP contribution in [-0.2, 0) is 11.8 Å². The average Bonchev–Trinajstić information content (AvgIpc) is 2.63. The van der Waals surface area contributed by atoms with Crippen LogP contribution in [0.3, 0.4) is 0 Å². The highest BCUT2D eigenvalue weighted by Gasteiger charge is 2.12. The number of aromatic nitrogens is 2. The smallest absolute Gasteiger partial charge is 0.123 e. The summed E-state index contributed by atoms with van der Waals surface area (Å²) in [5.41, 5.74) is 0. The van der Waals surface area contributed by atoms with E-state index in [0.29, 0.717) is 0 Å². The van der Waals surface area contributed by atoms with Crippen LogP contribution in [0.15, 0.2) is 12.3 Å². The summed E-state index contributed by atoms with van der Waals surface area (Å²) >= 11 is 0. The van der Waals surface area contributed by atoms with Crippen molar-refractivity contribution >= 4 is 5.82 Å². The predicted octanol–water partition coefficient (Wildman–Crippen LogP) is -0.180. The van der Waals surface area contributed by atoms with Gasteiger partial charge in [0.25, 0.3) is 0 Å². The first-order valence-corrected chi connectivity index (χ1v) is 4.90. The molecule has 2 rings (SSSR count). The molecule has 1 aromatic heterocycles. The molecular formula is C9H16N4O. The Morgan fingerprint density at radius 1 is 1.79 bits per heavy atom. The van der Waals surface area contributed by atoms with E-state index in [1.807, 2.05) is 17.8 Å². The first-order chi connectivity index (χ1) is 6.86. The summed E-state index contributed by atoms with van der Waals surface area (Å²) in [5.74, 6) is 1.03. The molecule has 0 saturated carbocycles. The van der Waals surface area contributed by atoms with Gasteiger partial charge in [0.1, 0.15) is 5.82 Å². The summed E-state index contributed by atoms with van der Waals surface area (Å²) in [4.78, 5) is 0. The largest absolute Gasteiger partial charge is 0.374 e. The molecule has 1 aromatic rings. The van der Waals surface area contributed by atoms with Crippen molar-refractivity contribution in [3.63, 3.8) is 0 Å². The lowest BCUT2D eigenvalue weighted by atomic mass is 10.3. The molecule has 1 saturated heterocycles. The fourth-order valence-electron chi connectivity index (χ4n) is 1.52. The topological polar surface area (TPSA) is 51.1 Å². The molecule has 0 bridgehead atoms.